The van der Waals surface area contributed by atoms with E-state index in [2.05, 4.69) is 31.9 Å². The Morgan fingerprint density at radius 3 is 2.35 bits per heavy atom. The third kappa shape index (κ3) is 2.59. The van der Waals surface area contributed by atoms with Crippen molar-refractivity contribution in [3.63, 3.8) is 0 Å². The van der Waals surface area contributed by atoms with Crippen molar-refractivity contribution in [2.45, 2.75) is 40.0 Å². The van der Waals surface area contributed by atoms with Gasteiger partial charge < -0.3 is 5.11 Å². The van der Waals surface area contributed by atoms with Gasteiger partial charge in [0.2, 0.25) is 0 Å². The number of carboxylic acids is 1. The van der Waals surface area contributed by atoms with Gasteiger partial charge in [0, 0.05) is 5.41 Å². The zero-order chi connectivity index (χ0) is 15.1. The number of aryl methyl sites for hydroxylation is 2. The third-order valence-electron chi connectivity index (χ3n) is 3.28. The van der Waals surface area contributed by atoms with Crippen LogP contribution < -0.4 is 0 Å². The van der Waals surface area contributed by atoms with Gasteiger partial charge in [0.25, 0.3) is 0 Å². The molecule has 0 saturated heterocycles. The maximum absolute atomic E-state index is 11.2. The Labute approximate surface area is 119 Å². The van der Waals surface area contributed by atoms with Crippen molar-refractivity contribution < 1.29 is 9.90 Å². The topological polar surface area (TPSA) is 55.1 Å². The summed E-state index contributed by atoms with van der Waals surface area (Å²) in [5, 5.41) is 13.4. The molecular formula is C16H20N2O2. The monoisotopic (exact) mass is 272 g/mol. The maximum Gasteiger partial charge on any atom is 0.356 e. The molecule has 4 nitrogen and oxygen atoms in total. The van der Waals surface area contributed by atoms with Crippen LogP contribution in [0.25, 0.3) is 5.69 Å². The Balaban J connectivity index is 2.69. The lowest BCUT2D eigenvalue weighted by molar-refractivity contribution is 0.0690. The molecule has 1 aromatic heterocycles. The molecule has 0 atom stereocenters. The van der Waals surface area contributed by atoms with E-state index in [9.17, 15) is 9.90 Å². The number of hydrogen-bond acceptors (Lipinski definition) is 2. The average molecular weight is 272 g/mol. The number of carbonyl (C=O) groups is 1. The van der Waals surface area contributed by atoms with E-state index in [1.165, 1.54) is 5.56 Å². The highest BCUT2D eigenvalue weighted by molar-refractivity contribution is 5.85. The van der Waals surface area contributed by atoms with Gasteiger partial charge >= 0.3 is 5.97 Å². The van der Waals surface area contributed by atoms with Crippen LogP contribution in [-0.4, -0.2) is 20.9 Å². The van der Waals surface area contributed by atoms with Gasteiger partial charge in [-0.25, -0.2) is 9.48 Å². The lowest BCUT2D eigenvalue weighted by Crippen LogP contribution is -2.18. The van der Waals surface area contributed by atoms with Crippen LogP contribution in [-0.2, 0) is 5.41 Å². The summed E-state index contributed by atoms with van der Waals surface area (Å²) in [5.41, 5.74) is 3.97. The zero-order valence-electron chi connectivity index (χ0n) is 12.6. The van der Waals surface area contributed by atoms with Gasteiger partial charge in [0.05, 0.1) is 11.4 Å². The normalized spacial score (nSPS) is 11.7. The molecule has 2 rings (SSSR count). The smallest absolute Gasteiger partial charge is 0.356 e. The van der Waals surface area contributed by atoms with Gasteiger partial charge in [-0.05, 0) is 31.5 Å². The Morgan fingerprint density at radius 1 is 1.20 bits per heavy atom. The lowest BCUT2D eigenvalue weighted by Gasteiger charge is -2.21. The Morgan fingerprint density at radius 2 is 1.85 bits per heavy atom. The molecule has 0 aliphatic carbocycles. The van der Waals surface area contributed by atoms with Crippen molar-refractivity contribution in [1.82, 2.24) is 9.78 Å². The third-order valence-corrected chi connectivity index (χ3v) is 3.28. The fourth-order valence-corrected chi connectivity index (χ4v) is 2.25. The molecule has 4 heteroatoms. The highest BCUT2D eigenvalue weighted by atomic mass is 16.4. The summed E-state index contributed by atoms with van der Waals surface area (Å²) in [5.74, 6) is -1.00. The standard InChI is InChI=1S/C16H20N2O2/c1-10-6-7-13(11(2)8-10)18-14(16(3,4)5)9-12(17-18)15(19)20/h6-9H,1-5H3,(H,19,20). The van der Waals surface area contributed by atoms with Crippen molar-refractivity contribution in [1.29, 1.82) is 0 Å². The van der Waals surface area contributed by atoms with E-state index in [0.29, 0.717) is 0 Å². The number of rotatable bonds is 2. The summed E-state index contributed by atoms with van der Waals surface area (Å²) in [6.07, 6.45) is 0. The number of benzene rings is 1. The fraction of sp³-hybridized carbons (Fsp3) is 0.375. The van der Waals surface area contributed by atoms with E-state index in [1.807, 2.05) is 26.0 Å². The minimum Gasteiger partial charge on any atom is -0.476 e. The largest absolute Gasteiger partial charge is 0.476 e. The summed E-state index contributed by atoms with van der Waals surface area (Å²) in [4.78, 5) is 11.2. The predicted octanol–water partition coefficient (Wildman–Crippen LogP) is 3.48. The van der Waals surface area contributed by atoms with E-state index in [-0.39, 0.29) is 11.1 Å². The van der Waals surface area contributed by atoms with Crippen LogP contribution in [0.4, 0.5) is 0 Å². The summed E-state index contributed by atoms with van der Waals surface area (Å²) in [6, 6.07) is 7.72. The summed E-state index contributed by atoms with van der Waals surface area (Å²) < 4.78 is 1.75. The molecule has 1 N–H and O–H groups in total. The predicted molar refractivity (Wildman–Crippen MR) is 78.7 cm³/mol. The molecule has 0 amide bonds. The number of carboxylic acid groups (broad SMARTS) is 1. The first kappa shape index (κ1) is 14.3. The number of aromatic nitrogens is 2. The molecule has 0 radical (unpaired) electrons. The molecule has 0 saturated carbocycles. The van der Waals surface area contributed by atoms with E-state index in [1.54, 1.807) is 10.7 Å². The Bertz CT molecular complexity index is 664. The first-order valence-corrected chi connectivity index (χ1v) is 6.61. The molecule has 0 unspecified atom stereocenters. The Kier molecular flexibility index (Phi) is 3.42. The average Bonchev–Trinajstić information content (AvgIpc) is 2.73. The van der Waals surface area contributed by atoms with Crippen LogP contribution in [0, 0.1) is 13.8 Å². The molecule has 0 aliphatic rings. The lowest BCUT2D eigenvalue weighted by atomic mass is 9.91. The van der Waals surface area contributed by atoms with Crippen molar-refractivity contribution >= 4 is 5.97 Å². The molecule has 0 aliphatic heterocycles. The van der Waals surface area contributed by atoms with Gasteiger partial charge in [-0.2, -0.15) is 5.10 Å². The minimum absolute atomic E-state index is 0.0786. The quantitative estimate of drug-likeness (QED) is 0.910. The second kappa shape index (κ2) is 4.78. The van der Waals surface area contributed by atoms with Crippen molar-refractivity contribution in [3.05, 3.63) is 46.8 Å². The molecule has 0 fully saturated rings. The number of nitrogens with zero attached hydrogens (tertiary/aromatic N) is 2. The van der Waals surface area contributed by atoms with Crippen LogP contribution in [0.3, 0.4) is 0 Å². The van der Waals surface area contributed by atoms with Gasteiger partial charge in [-0.1, -0.05) is 38.5 Å². The molecule has 2 aromatic rings. The highest BCUT2D eigenvalue weighted by Crippen LogP contribution is 2.27. The van der Waals surface area contributed by atoms with Crippen LogP contribution in [0.5, 0.6) is 0 Å². The molecule has 1 aromatic carbocycles. The van der Waals surface area contributed by atoms with E-state index < -0.39 is 5.97 Å². The van der Waals surface area contributed by atoms with Crippen molar-refractivity contribution in [3.8, 4) is 5.69 Å². The molecule has 0 spiro atoms. The molecule has 106 valence electrons. The van der Waals surface area contributed by atoms with Crippen LogP contribution in [0.2, 0.25) is 0 Å². The molecule has 20 heavy (non-hydrogen) atoms. The maximum atomic E-state index is 11.2. The zero-order valence-corrected chi connectivity index (χ0v) is 12.6. The van der Waals surface area contributed by atoms with Gasteiger partial charge in [0.15, 0.2) is 5.69 Å². The first-order valence-electron chi connectivity index (χ1n) is 6.61. The molecular weight excluding hydrogens is 252 g/mol. The SMILES string of the molecule is Cc1ccc(-n2nc(C(=O)O)cc2C(C)(C)C)c(C)c1. The summed E-state index contributed by atoms with van der Waals surface area (Å²) >= 11 is 0. The van der Waals surface area contributed by atoms with E-state index in [0.717, 1.165) is 16.9 Å². The minimum atomic E-state index is -1.00. The van der Waals surface area contributed by atoms with E-state index in [4.69, 9.17) is 0 Å². The first-order chi connectivity index (χ1) is 9.20. The van der Waals surface area contributed by atoms with Crippen LogP contribution in [0.1, 0.15) is 48.1 Å². The second-order valence-corrected chi connectivity index (χ2v) is 6.17. The van der Waals surface area contributed by atoms with E-state index >= 15 is 0 Å². The van der Waals surface area contributed by atoms with Gasteiger partial charge in [-0.15, -0.1) is 0 Å². The van der Waals surface area contributed by atoms with Crippen molar-refractivity contribution in [2.24, 2.45) is 0 Å². The molecule has 1 heterocycles. The Hall–Kier alpha value is -2.10. The number of hydrogen-bond donors (Lipinski definition) is 1. The summed E-state index contributed by atoms with van der Waals surface area (Å²) in [6.45, 7) is 10.2. The van der Waals surface area contributed by atoms with Crippen LogP contribution >= 0.6 is 0 Å². The number of aromatic carboxylic acids is 1. The fourth-order valence-electron chi connectivity index (χ4n) is 2.25. The van der Waals surface area contributed by atoms with Gasteiger partial charge in [-0.3, -0.25) is 0 Å². The second-order valence-electron chi connectivity index (χ2n) is 6.17. The highest BCUT2D eigenvalue weighted by Gasteiger charge is 2.24. The van der Waals surface area contributed by atoms with Crippen molar-refractivity contribution in [2.75, 3.05) is 0 Å². The van der Waals surface area contributed by atoms with Gasteiger partial charge in [0.1, 0.15) is 0 Å². The van der Waals surface area contributed by atoms with Crippen LogP contribution in [0.15, 0.2) is 24.3 Å². The molecule has 0 bridgehead atoms. The summed E-state index contributed by atoms with van der Waals surface area (Å²) in [7, 11) is 0.